The third kappa shape index (κ3) is 2.61. The lowest BCUT2D eigenvalue weighted by atomic mass is 9.93. The van der Waals surface area contributed by atoms with Crippen LogP contribution in [0.1, 0.15) is 52.5 Å². The van der Waals surface area contributed by atoms with Crippen LogP contribution in [0.25, 0.3) is 0 Å². The van der Waals surface area contributed by atoms with Crippen LogP contribution in [-0.4, -0.2) is 29.6 Å². The molecule has 0 aromatic heterocycles. The molecule has 1 fully saturated rings. The Labute approximate surface area is 133 Å². The van der Waals surface area contributed by atoms with Crippen LogP contribution in [0.2, 0.25) is 0 Å². The zero-order valence-corrected chi connectivity index (χ0v) is 14.8. The fourth-order valence-corrected chi connectivity index (χ4v) is 5.62. The van der Waals surface area contributed by atoms with E-state index in [1.54, 1.807) is 38.1 Å². The van der Waals surface area contributed by atoms with Gasteiger partial charge >= 0.3 is 0 Å². The fourth-order valence-electron chi connectivity index (χ4n) is 3.46. The molecule has 122 valence electrons. The molecule has 0 spiro atoms. The average molecular weight is 323 g/mol. The Hall–Kier alpha value is -1.20. The molecular formula is C17H25NO3S. The average Bonchev–Trinajstić information content (AvgIpc) is 2.70. The lowest BCUT2D eigenvalue weighted by Gasteiger charge is -2.40. The standard InChI is InChI=1S/C17H25NO3S/c1-6-15(19)17(5)12-11-16(3,4)18(17)22(20,21)14-9-7-13(2)8-10-14/h7-10H,6,11-12H2,1-5H3. The molecule has 1 aliphatic heterocycles. The topological polar surface area (TPSA) is 54.5 Å². The summed E-state index contributed by atoms with van der Waals surface area (Å²) in [6, 6.07) is 6.82. The number of benzene rings is 1. The van der Waals surface area contributed by atoms with Crippen molar-refractivity contribution in [2.75, 3.05) is 0 Å². The molecule has 1 saturated heterocycles. The summed E-state index contributed by atoms with van der Waals surface area (Å²) in [5.74, 6) is -0.0197. The van der Waals surface area contributed by atoms with Crippen LogP contribution in [0.3, 0.4) is 0 Å². The minimum absolute atomic E-state index is 0.0197. The Morgan fingerprint density at radius 1 is 1.14 bits per heavy atom. The summed E-state index contributed by atoms with van der Waals surface area (Å²) < 4.78 is 27.8. The van der Waals surface area contributed by atoms with Crippen molar-refractivity contribution in [3.05, 3.63) is 29.8 Å². The maximum Gasteiger partial charge on any atom is 0.244 e. The summed E-state index contributed by atoms with van der Waals surface area (Å²) in [5, 5.41) is 0. The number of aryl methyl sites for hydroxylation is 1. The van der Waals surface area contributed by atoms with Gasteiger partial charge in [0.2, 0.25) is 10.0 Å². The number of hydrogen-bond acceptors (Lipinski definition) is 3. The van der Waals surface area contributed by atoms with Gasteiger partial charge in [-0.05, 0) is 52.7 Å². The molecule has 0 radical (unpaired) electrons. The molecule has 1 aliphatic rings. The summed E-state index contributed by atoms with van der Waals surface area (Å²) in [4.78, 5) is 12.7. The largest absolute Gasteiger partial charge is 0.298 e. The predicted octanol–water partition coefficient (Wildman–Crippen LogP) is 3.30. The van der Waals surface area contributed by atoms with Crippen molar-refractivity contribution in [1.82, 2.24) is 4.31 Å². The number of sulfonamides is 1. The molecule has 0 saturated carbocycles. The molecule has 1 aromatic rings. The number of nitrogens with zero attached hydrogens (tertiary/aromatic N) is 1. The van der Waals surface area contributed by atoms with E-state index in [9.17, 15) is 13.2 Å². The van der Waals surface area contributed by atoms with Crippen molar-refractivity contribution in [2.45, 2.75) is 69.9 Å². The first-order valence-electron chi connectivity index (χ1n) is 7.71. The van der Waals surface area contributed by atoms with E-state index in [2.05, 4.69) is 0 Å². The zero-order valence-electron chi connectivity index (χ0n) is 14.0. The van der Waals surface area contributed by atoms with Crippen LogP contribution in [0, 0.1) is 6.92 Å². The molecule has 1 unspecified atom stereocenters. The van der Waals surface area contributed by atoms with Crippen LogP contribution in [0.5, 0.6) is 0 Å². The molecule has 2 rings (SSSR count). The maximum atomic E-state index is 13.2. The molecule has 0 amide bonds. The maximum absolute atomic E-state index is 13.2. The number of ketones is 1. The van der Waals surface area contributed by atoms with Crippen molar-refractivity contribution >= 4 is 15.8 Å². The first-order valence-corrected chi connectivity index (χ1v) is 9.15. The first kappa shape index (κ1) is 17.2. The molecular weight excluding hydrogens is 298 g/mol. The Kier molecular flexibility index (Phi) is 4.26. The lowest BCUT2D eigenvalue weighted by molar-refractivity contribution is -0.127. The van der Waals surface area contributed by atoms with Gasteiger partial charge in [-0.2, -0.15) is 4.31 Å². The van der Waals surface area contributed by atoms with Crippen molar-refractivity contribution in [1.29, 1.82) is 0 Å². The van der Waals surface area contributed by atoms with Crippen LogP contribution in [0.15, 0.2) is 29.2 Å². The third-order valence-corrected chi connectivity index (χ3v) is 6.95. The van der Waals surface area contributed by atoms with E-state index in [1.165, 1.54) is 4.31 Å². The minimum Gasteiger partial charge on any atom is -0.298 e. The lowest BCUT2D eigenvalue weighted by Crippen LogP contribution is -2.56. The van der Waals surface area contributed by atoms with Gasteiger partial charge in [0, 0.05) is 12.0 Å². The highest BCUT2D eigenvalue weighted by Crippen LogP contribution is 2.45. The molecule has 0 N–H and O–H groups in total. The monoisotopic (exact) mass is 323 g/mol. The Bertz CT molecular complexity index is 676. The summed E-state index contributed by atoms with van der Waals surface area (Å²) >= 11 is 0. The molecule has 5 heteroatoms. The van der Waals surface area contributed by atoms with Crippen molar-refractivity contribution in [2.24, 2.45) is 0 Å². The quantitative estimate of drug-likeness (QED) is 0.854. The summed E-state index contributed by atoms with van der Waals surface area (Å²) in [7, 11) is -3.71. The van der Waals surface area contributed by atoms with Crippen molar-refractivity contribution in [3.8, 4) is 0 Å². The van der Waals surface area contributed by atoms with E-state index in [0.717, 1.165) is 5.56 Å². The van der Waals surface area contributed by atoms with Gasteiger partial charge in [0.05, 0.1) is 10.4 Å². The van der Waals surface area contributed by atoms with E-state index in [4.69, 9.17) is 0 Å². The van der Waals surface area contributed by atoms with Crippen LogP contribution >= 0.6 is 0 Å². The fraction of sp³-hybridized carbons (Fsp3) is 0.588. The van der Waals surface area contributed by atoms with E-state index >= 15 is 0 Å². The van der Waals surface area contributed by atoms with Gasteiger partial charge in [-0.25, -0.2) is 8.42 Å². The molecule has 1 atom stereocenters. The molecule has 22 heavy (non-hydrogen) atoms. The third-order valence-electron chi connectivity index (χ3n) is 4.70. The van der Waals surface area contributed by atoms with Gasteiger partial charge in [-0.15, -0.1) is 0 Å². The highest BCUT2D eigenvalue weighted by molar-refractivity contribution is 7.89. The van der Waals surface area contributed by atoms with Gasteiger partial charge in [-0.1, -0.05) is 24.6 Å². The smallest absolute Gasteiger partial charge is 0.244 e. The van der Waals surface area contributed by atoms with E-state index in [-0.39, 0.29) is 10.7 Å². The molecule has 1 heterocycles. The van der Waals surface area contributed by atoms with Crippen LogP contribution in [-0.2, 0) is 14.8 Å². The van der Waals surface area contributed by atoms with Gasteiger partial charge in [0.15, 0.2) is 5.78 Å². The SMILES string of the molecule is CCC(=O)C1(C)CCC(C)(C)N1S(=O)(=O)c1ccc(C)cc1. The number of rotatable bonds is 4. The van der Waals surface area contributed by atoms with Crippen molar-refractivity contribution < 1.29 is 13.2 Å². The predicted molar refractivity (Wildman–Crippen MR) is 87.2 cm³/mol. The van der Waals surface area contributed by atoms with Crippen molar-refractivity contribution in [3.63, 3.8) is 0 Å². The van der Waals surface area contributed by atoms with E-state index < -0.39 is 21.1 Å². The first-order chi connectivity index (χ1) is 10.1. The molecule has 1 aromatic carbocycles. The van der Waals surface area contributed by atoms with Gasteiger partial charge in [-0.3, -0.25) is 4.79 Å². The summed E-state index contributed by atoms with van der Waals surface area (Å²) in [6.45, 7) is 9.26. The van der Waals surface area contributed by atoms with Crippen LogP contribution in [0.4, 0.5) is 0 Å². The number of carbonyl (C=O) groups excluding carboxylic acids is 1. The second-order valence-corrected chi connectivity index (χ2v) is 8.73. The second-order valence-electron chi connectivity index (χ2n) is 6.95. The summed E-state index contributed by atoms with van der Waals surface area (Å²) in [6.07, 6.45) is 1.59. The van der Waals surface area contributed by atoms with Gasteiger partial charge in [0.25, 0.3) is 0 Å². The number of hydrogen-bond donors (Lipinski definition) is 0. The number of Topliss-reactive ketones (excluding diaryl/α,β-unsaturated/α-hetero) is 1. The van der Waals surface area contributed by atoms with Crippen LogP contribution < -0.4 is 0 Å². The molecule has 0 bridgehead atoms. The van der Waals surface area contributed by atoms with Gasteiger partial charge in [0.1, 0.15) is 0 Å². The van der Waals surface area contributed by atoms with E-state index in [0.29, 0.717) is 19.3 Å². The summed E-state index contributed by atoms with van der Waals surface area (Å²) in [5.41, 5.74) is -0.516. The highest BCUT2D eigenvalue weighted by Gasteiger charge is 2.56. The highest BCUT2D eigenvalue weighted by atomic mass is 32.2. The molecule has 4 nitrogen and oxygen atoms in total. The van der Waals surface area contributed by atoms with Gasteiger partial charge < -0.3 is 0 Å². The Morgan fingerprint density at radius 3 is 2.18 bits per heavy atom. The Morgan fingerprint density at radius 2 is 1.68 bits per heavy atom. The minimum atomic E-state index is -3.71. The normalized spacial score (nSPS) is 25.3. The van der Waals surface area contributed by atoms with E-state index in [1.807, 2.05) is 20.8 Å². The molecule has 0 aliphatic carbocycles. The zero-order chi connectivity index (χ0) is 16.8. The number of carbonyl (C=O) groups is 1. The second kappa shape index (κ2) is 5.46. The Balaban J connectivity index is 2.59.